The zero-order valence-electron chi connectivity index (χ0n) is 13.7. The molecule has 0 aliphatic heterocycles. The molecule has 0 saturated carbocycles. The van der Waals surface area contributed by atoms with Crippen LogP contribution in [0.1, 0.15) is 26.6 Å². The van der Waals surface area contributed by atoms with Gasteiger partial charge in [0, 0.05) is 23.9 Å². The summed E-state index contributed by atoms with van der Waals surface area (Å²) in [6.45, 7) is 0.136. The van der Waals surface area contributed by atoms with Crippen molar-refractivity contribution in [2.75, 3.05) is 7.11 Å². The first-order valence-electron chi connectivity index (χ1n) is 7.74. The van der Waals surface area contributed by atoms with Crippen LogP contribution in [-0.2, 0) is 13.0 Å². The van der Waals surface area contributed by atoms with E-state index in [1.54, 1.807) is 30.7 Å². The summed E-state index contributed by atoms with van der Waals surface area (Å²) >= 11 is 1.43. The fraction of sp³-hybridized carbons (Fsp3) is 0.158. The smallest absolute Gasteiger partial charge is 0.271 e. The number of rotatable bonds is 6. The Labute approximate surface area is 149 Å². The van der Waals surface area contributed by atoms with E-state index in [-0.39, 0.29) is 18.3 Å². The fourth-order valence-electron chi connectivity index (χ4n) is 2.32. The average Bonchev–Trinajstić information content (AvgIpc) is 3.10. The number of thiazole rings is 1. The standard InChI is InChI=1S/C19H17FN2O2S/c1-24-15-8-6-13(7-9-15)10-18-22-17(12-25-18)19(23)21-11-14-4-2-3-5-16(14)20/h2-9,12H,10-11H2,1H3,(H,21,23). The first-order chi connectivity index (χ1) is 12.2. The van der Waals surface area contributed by atoms with E-state index in [4.69, 9.17) is 4.74 Å². The van der Waals surface area contributed by atoms with Crippen LogP contribution < -0.4 is 10.1 Å². The molecule has 128 valence electrons. The molecule has 4 nitrogen and oxygen atoms in total. The number of halogens is 1. The van der Waals surface area contributed by atoms with Crippen LogP contribution in [-0.4, -0.2) is 18.0 Å². The van der Waals surface area contributed by atoms with E-state index in [1.165, 1.54) is 17.4 Å². The zero-order valence-corrected chi connectivity index (χ0v) is 14.5. The number of hydrogen-bond acceptors (Lipinski definition) is 4. The Morgan fingerprint density at radius 2 is 1.96 bits per heavy atom. The second-order valence-corrected chi connectivity index (χ2v) is 6.37. The molecule has 1 amide bonds. The number of carbonyl (C=O) groups is 1. The van der Waals surface area contributed by atoms with E-state index in [1.807, 2.05) is 24.3 Å². The van der Waals surface area contributed by atoms with Gasteiger partial charge in [0.2, 0.25) is 0 Å². The summed E-state index contributed by atoms with van der Waals surface area (Å²) in [4.78, 5) is 16.5. The summed E-state index contributed by atoms with van der Waals surface area (Å²) in [5.74, 6) is 0.165. The van der Waals surface area contributed by atoms with Crippen molar-refractivity contribution in [1.82, 2.24) is 10.3 Å². The van der Waals surface area contributed by atoms with Gasteiger partial charge in [-0.25, -0.2) is 9.37 Å². The van der Waals surface area contributed by atoms with Crippen molar-refractivity contribution < 1.29 is 13.9 Å². The fourth-order valence-corrected chi connectivity index (χ4v) is 3.13. The second kappa shape index (κ2) is 7.90. The maximum atomic E-state index is 13.6. The Morgan fingerprint density at radius 3 is 2.68 bits per heavy atom. The van der Waals surface area contributed by atoms with Gasteiger partial charge in [0.25, 0.3) is 5.91 Å². The van der Waals surface area contributed by atoms with Gasteiger partial charge in [0.15, 0.2) is 0 Å². The molecule has 0 aliphatic carbocycles. The number of aromatic nitrogens is 1. The van der Waals surface area contributed by atoms with Crippen LogP contribution in [0.25, 0.3) is 0 Å². The minimum Gasteiger partial charge on any atom is -0.497 e. The molecule has 0 radical (unpaired) electrons. The highest BCUT2D eigenvalue weighted by Crippen LogP contribution is 2.18. The second-order valence-electron chi connectivity index (χ2n) is 5.43. The van der Waals surface area contributed by atoms with Crippen molar-refractivity contribution in [2.24, 2.45) is 0 Å². The lowest BCUT2D eigenvalue weighted by atomic mass is 10.1. The van der Waals surface area contributed by atoms with E-state index in [0.717, 1.165) is 16.3 Å². The van der Waals surface area contributed by atoms with Crippen LogP contribution in [0.4, 0.5) is 4.39 Å². The molecule has 0 saturated heterocycles. The molecule has 1 N–H and O–H groups in total. The topological polar surface area (TPSA) is 51.2 Å². The maximum absolute atomic E-state index is 13.6. The van der Waals surface area contributed by atoms with E-state index in [9.17, 15) is 9.18 Å². The molecule has 1 aromatic heterocycles. The van der Waals surface area contributed by atoms with Gasteiger partial charge in [-0.3, -0.25) is 4.79 Å². The lowest BCUT2D eigenvalue weighted by molar-refractivity contribution is 0.0946. The molecule has 2 aromatic carbocycles. The number of carbonyl (C=O) groups excluding carboxylic acids is 1. The SMILES string of the molecule is COc1ccc(Cc2nc(C(=O)NCc3ccccc3F)cs2)cc1. The highest BCUT2D eigenvalue weighted by Gasteiger charge is 2.12. The van der Waals surface area contributed by atoms with E-state index in [0.29, 0.717) is 17.7 Å². The number of hydrogen-bond donors (Lipinski definition) is 1. The molecule has 0 fully saturated rings. The van der Waals surface area contributed by atoms with Crippen molar-refractivity contribution >= 4 is 17.2 Å². The Morgan fingerprint density at radius 1 is 1.20 bits per heavy atom. The molecule has 0 aliphatic rings. The minimum absolute atomic E-state index is 0.136. The van der Waals surface area contributed by atoms with Gasteiger partial charge in [-0.2, -0.15) is 0 Å². The first-order valence-corrected chi connectivity index (χ1v) is 8.62. The van der Waals surface area contributed by atoms with Gasteiger partial charge in [0.1, 0.15) is 17.3 Å². The van der Waals surface area contributed by atoms with Gasteiger partial charge in [-0.1, -0.05) is 30.3 Å². The van der Waals surface area contributed by atoms with Crippen LogP contribution in [0.5, 0.6) is 5.75 Å². The molecule has 25 heavy (non-hydrogen) atoms. The number of benzene rings is 2. The third-order valence-corrected chi connectivity index (χ3v) is 4.54. The molecule has 0 bridgehead atoms. The van der Waals surface area contributed by atoms with E-state index < -0.39 is 0 Å². The summed E-state index contributed by atoms with van der Waals surface area (Å²) in [5, 5.41) is 5.26. The first kappa shape index (κ1) is 17.1. The van der Waals surface area contributed by atoms with Crippen LogP contribution in [0, 0.1) is 5.82 Å². The molecule has 3 aromatic rings. The molecule has 1 heterocycles. The van der Waals surface area contributed by atoms with Gasteiger partial charge >= 0.3 is 0 Å². The number of nitrogens with one attached hydrogen (secondary N) is 1. The van der Waals surface area contributed by atoms with E-state index in [2.05, 4.69) is 10.3 Å². The molecule has 0 atom stereocenters. The highest BCUT2D eigenvalue weighted by molar-refractivity contribution is 7.09. The normalized spacial score (nSPS) is 10.5. The van der Waals surface area contributed by atoms with Gasteiger partial charge in [-0.05, 0) is 23.8 Å². The highest BCUT2D eigenvalue weighted by atomic mass is 32.1. The maximum Gasteiger partial charge on any atom is 0.271 e. The third kappa shape index (κ3) is 4.42. The Kier molecular flexibility index (Phi) is 5.40. The quantitative estimate of drug-likeness (QED) is 0.731. The van der Waals surface area contributed by atoms with Crippen LogP contribution >= 0.6 is 11.3 Å². The monoisotopic (exact) mass is 356 g/mol. The lowest BCUT2D eigenvalue weighted by Gasteiger charge is -2.04. The third-order valence-electron chi connectivity index (χ3n) is 3.70. The van der Waals surface area contributed by atoms with Crippen molar-refractivity contribution in [1.29, 1.82) is 0 Å². The summed E-state index contributed by atoms with van der Waals surface area (Å²) in [7, 11) is 1.63. The zero-order chi connectivity index (χ0) is 17.6. The van der Waals surface area contributed by atoms with Crippen molar-refractivity contribution in [3.63, 3.8) is 0 Å². The number of nitrogens with zero attached hydrogens (tertiary/aromatic N) is 1. The van der Waals surface area contributed by atoms with Crippen molar-refractivity contribution in [2.45, 2.75) is 13.0 Å². The molecule has 0 spiro atoms. The van der Waals surface area contributed by atoms with Crippen LogP contribution in [0.2, 0.25) is 0 Å². The molecule has 3 rings (SSSR count). The Hall–Kier alpha value is -2.73. The number of ether oxygens (including phenoxy) is 1. The van der Waals surface area contributed by atoms with Crippen molar-refractivity contribution in [3.8, 4) is 5.75 Å². The lowest BCUT2D eigenvalue weighted by Crippen LogP contribution is -2.23. The summed E-state index contributed by atoms with van der Waals surface area (Å²) in [5.41, 5.74) is 1.89. The van der Waals surface area contributed by atoms with E-state index >= 15 is 0 Å². The molecular formula is C19H17FN2O2S. The van der Waals surface area contributed by atoms with Crippen LogP contribution in [0.3, 0.4) is 0 Å². The predicted molar refractivity (Wildman–Crippen MR) is 95.5 cm³/mol. The summed E-state index contributed by atoms with van der Waals surface area (Å²) in [6, 6.07) is 14.1. The summed E-state index contributed by atoms with van der Waals surface area (Å²) in [6.07, 6.45) is 0.648. The molecular weight excluding hydrogens is 339 g/mol. The number of amides is 1. The Bertz CT molecular complexity index is 862. The largest absolute Gasteiger partial charge is 0.497 e. The minimum atomic E-state index is -0.332. The molecule has 6 heteroatoms. The van der Waals surface area contributed by atoms with Gasteiger partial charge in [0.05, 0.1) is 12.1 Å². The Balaban J connectivity index is 1.60. The van der Waals surface area contributed by atoms with Crippen LogP contribution in [0.15, 0.2) is 53.9 Å². The van der Waals surface area contributed by atoms with Crippen molar-refractivity contribution in [3.05, 3.63) is 81.6 Å². The predicted octanol–water partition coefficient (Wildman–Crippen LogP) is 3.81. The average molecular weight is 356 g/mol. The number of methoxy groups -OCH3 is 1. The van der Waals surface area contributed by atoms with Gasteiger partial charge < -0.3 is 10.1 Å². The molecule has 0 unspecified atom stereocenters. The van der Waals surface area contributed by atoms with Gasteiger partial charge in [-0.15, -0.1) is 11.3 Å². The summed E-state index contributed by atoms with van der Waals surface area (Å²) < 4.78 is 18.7.